The first-order chi connectivity index (χ1) is 8.45. The SMILES string of the molecule is CCN(CCCN(C)C)Cc1c(C)nn(C)c1Cl. The summed E-state index contributed by atoms with van der Waals surface area (Å²) in [5.74, 6) is 0. The van der Waals surface area contributed by atoms with E-state index in [2.05, 4.69) is 35.9 Å². The highest BCUT2D eigenvalue weighted by molar-refractivity contribution is 6.30. The van der Waals surface area contributed by atoms with Crippen LogP contribution in [0, 0.1) is 6.92 Å². The molecule has 0 radical (unpaired) electrons. The highest BCUT2D eigenvalue weighted by atomic mass is 35.5. The smallest absolute Gasteiger partial charge is 0.131 e. The summed E-state index contributed by atoms with van der Waals surface area (Å²) in [6, 6.07) is 0. The normalized spacial score (nSPS) is 11.8. The van der Waals surface area contributed by atoms with E-state index in [-0.39, 0.29) is 0 Å². The zero-order valence-electron chi connectivity index (χ0n) is 12.2. The lowest BCUT2D eigenvalue weighted by atomic mass is 10.2. The first-order valence-electron chi connectivity index (χ1n) is 6.50. The molecule has 0 aromatic carbocycles. The maximum atomic E-state index is 6.27. The third-order valence-electron chi connectivity index (χ3n) is 3.18. The van der Waals surface area contributed by atoms with Gasteiger partial charge in [0.1, 0.15) is 5.15 Å². The molecule has 0 N–H and O–H groups in total. The minimum Gasteiger partial charge on any atom is -0.309 e. The van der Waals surface area contributed by atoms with E-state index in [1.54, 1.807) is 4.68 Å². The molecule has 0 saturated heterocycles. The van der Waals surface area contributed by atoms with Crippen molar-refractivity contribution in [2.75, 3.05) is 33.7 Å². The summed E-state index contributed by atoms with van der Waals surface area (Å²) in [6.07, 6.45) is 1.18. The number of hydrogen-bond acceptors (Lipinski definition) is 3. The second-order valence-electron chi connectivity index (χ2n) is 5.00. The Morgan fingerprint density at radius 3 is 2.39 bits per heavy atom. The van der Waals surface area contributed by atoms with Crippen molar-refractivity contribution in [2.45, 2.75) is 26.8 Å². The van der Waals surface area contributed by atoms with Gasteiger partial charge in [-0.05, 0) is 47.1 Å². The Bertz CT molecular complexity index is 373. The van der Waals surface area contributed by atoms with Crippen molar-refractivity contribution in [1.29, 1.82) is 0 Å². The van der Waals surface area contributed by atoms with Gasteiger partial charge in [-0.25, -0.2) is 0 Å². The van der Waals surface area contributed by atoms with Gasteiger partial charge in [-0.2, -0.15) is 5.10 Å². The van der Waals surface area contributed by atoms with Gasteiger partial charge < -0.3 is 4.90 Å². The van der Waals surface area contributed by atoms with Crippen molar-refractivity contribution in [3.63, 3.8) is 0 Å². The van der Waals surface area contributed by atoms with Gasteiger partial charge in [0.05, 0.1) is 5.69 Å². The molecule has 0 fully saturated rings. The highest BCUT2D eigenvalue weighted by Crippen LogP contribution is 2.20. The van der Waals surface area contributed by atoms with Crippen LogP contribution in [0.2, 0.25) is 5.15 Å². The van der Waals surface area contributed by atoms with Gasteiger partial charge in [-0.3, -0.25) is 9.58 Å². The molecule has 1 rings (SSSR count). The van der Waals surface area contributed by atoms with Gasteiger partial charge in [-0.1, -0.05) is 18.5 Å². The monoisotopic (exact) mass is 272 g/mol. The number of halogens is 1. The van der Waals surface area contributed by atoms with Crippen LogP contribution < -0.4 is 0 Å². The third kappa shape index (κ3) is 4.26. The summed E-state index contributed by atoms with van der Waals surface area (Å²) < 4.78 is 1.75. The predicted octanol–water partition coefficient (Wildman–Crippen LogP) is 2.16. The molecule has 104 valence electrons. The minimum absolute atomic E-state index is 0.763. The first-order valence-corrected chi connectivity index (χ1v) is 6.88. The fraction of sp³-hybridized carbons (Fsp3) is 0.769. The lowest BCUT2D eigenvalue weighted by molar-refractivity contribution is 0.259. The largest absolute Gasteiger partial charge is 0.309 e. The molecular formula is C13H25ClN4. The zero-order valence-corrected chi connectivity index (χ0v) is 13.0. The lowest BCUT2D eigenvalue weighted by Gasteiger charge is -2.21. The van der Waals surface area contributed by atoms with Gasteiger partial charge in [-0.15, -0.1) is 0 Å². The number of hydrogen-bond donors (Lipinski definition) is 0. The summed E-state index contributed by atoms with van der Waals surface area (Å²) in [7, 11) is 6.11. The second kappa shape index (κ2) is 7.12. The van der Waals surface area contributed by atoms with E-state index in [9.17, 15) is 0 Å². The van der Waals surface area contributed by atoms with Crippen LogP contribution in [0.1, 0.15) is 24.6 Å². The average molecular weight is 273 g/mol. The Kier molecular flexibility index (Phi) is 6.12. The van der Waals surface area contributed by atoms with Crippen molar-refractivity contribution in [1.82, 2.24) is 19.6 Å². The number of aryl methyl sites for hydroxylation is 2. The molecule has 0 amide bonds. The van der Waals surface area contributed by atoms with E-state index in [4.69, 9.17) is 11.6 Å². The number of nitrogens with zero attached hydrogens (tertiary/aromatic N) is 4. The molecule has 0 aliphatic rings. The van der Waals surface area contributed by atoms with Gasteiger partial charge >= 0.3 is 0 Å². The average Bonchev–Trinajstić information content (AvgIpc) is 2.53. The predicted molar refractivity (Wildman–Crippen MR) is 77.1 cm³/mol. The molecule has 1 aromatic rings. The van der Waals surface area contributed by atoms with Crippen LogP contribution in [0.15, 0.2) is 0 Å². The summed E-state index contributed by atoms with van der Waals surface area (Å²) in [5.41, 5.74) is 2.19. The molecule has 0 aliphatic carbocycles. The molecule has 0 saturated carbocycles. The van der Waals surface area contributed by atoms with E-state index in [1.165, 1.54) is 6.42 Å². The van der Waals surface area contributed by atoms with Gasteiger partial charge in [0, 0.05) is 19.2 Å². The van der Waals surface area contributed by atoms with E-state index in [1.807, 2.05) is 14.0 Å². The Labute approximate surface area is 116 Å². The number of rotatable bonds is 7. The van der Waals surface area contributed by atoms with E-state index in [0.717, 1.165) is 42.6 Å². The van der Waals surface area contributed by atoms with Gasteiger partial charge in [0.2, 0.25) is 0 Å². The summed E-state index contributed by atoms with van der Waals surface area (Å²) in [4.78, 5) is 4.63. The zero-order chi connectivity index (χ0) is 13.7. The molecule has 0 spiro atoms. The third-order valence-corrected chi connectivity index (χ3v) is 3.65. The van der Waals surface area contributed by atoms with E-state index in [0.29, 0.717) is 0 Å². The van der Waals surface area contributed by atoms with Crippen molar-refractivity contribution < 1.29 is 0 Å². The van der Waals surface area contributed by atoms with Crippen LogP contribution in [0.3, 0.4) is 0 Å². The Morgan fingerprint density at radius 1 is 1.28 bits per heavy atom. The summed E-state index contributed by atoms with van der Waals surface area (Å²) in [5, 5.41) is 5.12. The van der Waals surface area contributed by atoms with Crippen LogP contribution in [0.25, 0.3) is 0 Å². The van der Waals surface area contributed by atoms with E-state index < -0.39 is 0 Å². The van der Waals surface area contributed by atoms with Crippen LogP contribution >= 0.6 is 11.6 Å². The van der Waals surface area contributed by atoms with Gasteiger partial charge in [0.25, 0.3) is 0 Å². The van der Waals surface area contributed by atoms with Crippen LogP contribution in [0.5, 0.6) is 0 Å². The lowest BCUT2D eigenvalue weighted by Crippen LogP contribution is -2.27. The quantitative estimate of drug-likeness (QED) is 0.760. The molecule has 1 aromatic heterocycles. The van der Waals surface area contributed by atoms with Crippen molar-refractivity contribution in [2.24, 2.45) is 7.05 Å². The van der Waals surface area contributed by atoms with E-state index >= 15 is 0 Å². The summed E-state index contributed by atoms with van der Waals surface area (Å²) in [6.45, 7) is 8.36. The topological polar surface area (TPSA) is 24.3 Å². The van der Waals surface area contributed by atoms with Crippen LogP contribution in [-0.4, -0.2) is 53.3 Å². The Morgan fingerprint density at radius 2 is 1.94 bits per heavy atom. The molecule has 4 nitrogen and oxygen atoms in total. The minimum atomic E-state index is 0.763. The van der Waals surface area contributed by atoms with Crippen LogP contribution in [-0.2, 0) is 13.6 Å². The molecule has 1 heterocycles. The maximum Gasteiger partial charge on any atom is 0.131 e. The maximum absolute atomic E-state index is 6.27. The molecule has 5 heteroatoms. The van der Waals surface area contributed by atoms with Crippen molar-refractivity contribution >= 4 is 11.6 Å². The molecule has 0 bridgehead atoms. The first kappa shape index (κ1) is 15.5. The highest BCUT2D eigenvalue weighted by Gasteiger charge is 2.14. The molecule has 0 atom stereocenters. The fourth-order valence-electron chi connectivity index (χ4n) is 2.04. The second-order valence-corrected chi connectivity index (χ2v) is 5.36. The Hall–Kier alpha value is -0.580. The fourth-order valence-corrected chi connectivity index (χ4v) is 2.27. The molecule has 0 aliphatic heterocycles. The standard InChI is InChI=1S/C13H25ClN4/c1-6-18(9-7-8-16(3)4)10-12-11(2)15-17(5)13(12)14/h6-10H2,1-5H3. The summed E-state index contributed by atoms with van der Waals surface area (Å²) >= 11 is 6.27. The van der Waals surface area contributed by atoms with Crippen molar-refractivity contribution in [3.05, 3.63) is 16.4 Å². The van der Waals surface area contributed by atoms with Gasteiger partial charge in [0.15, 0.2) is 0 Å². The molecule has 0 unspecified atom stereocenters. The van der Waals surface area contributed by atoms with Crippen LogP contribution in [0.4, 0.5) is 0 Å². The molecular weight excluding hydrogens is 248 g/mol. The van der Waals surface area contributed by atoms with Crippen molar-refractivity contribution in [3.8, 4) is 0 Å². The number of aromatic nitrogens is 2. The molecule has 18 heavy (non-hydrogen) atoms. The Balaban J connectivity index is 2.57.